The first-order valence-electron chi connectivity index (χ1n) is 6.93. The predicted molar refractivity (Wildman–Crippen MR) is 84.4 cm³/mol. The molecule has 0 saturated heterocycles. The van der Waals surface area contributed by atoms with Crippen LogP contribution in [0.2, 0.25) is 5.02 Å². The third-order valence-corrected chi connectivity index (χ3v) is 3.10. The van der Waals surface area contributed by atoms with Crippen LogP contribution in [0.25, 0.3) is 0 Å². The van der Waals surface area contributed by atoms with E-state index in [4.69, 9.17) is 11.6 Å². The van der Waals surface area contributed by atoms with Gasteiger partial charge in [0.05, 0.1) is 11.3 Å². The Morgan fingerprint density at radius 1 is 1.21 bits per heavy atom. The fraction of sp³-hybridized carbons (Fsp3) is 0.267. The highest BCUT2D eigenvalue weighted by Crippen LogP contribution is 2.37. The molecule has 0 aliphatic carbocycles. The van der Waals surface area contributed by atoms with Crippen molar-refractivity contribution in [2.45, 2.75) is 26.1 Å². The first-order valence-corrected chi connectivity index (χ1v) is 7.31. The first-order chi connectivity index (χ1) is 11.2. The molecular weight excluding hydrogens is 345 g/mol. The molecule has 24 heavy (non-hydrogen) atoms. The van der Waals surface area contributed by atoms with Crippen LogP contribution in [0.4, 0.5) is 24.7 Å². The molecule has 0 spiro atoms. The van der Waals surface area contributed by atoms with Crippen LogP contribution in [0.5, 0.6) is 0 Å². The largest absolute Gasteiger partial charge is 0.418 e. The van der Waals surface area contributed by atoms with E-state index in [1.165, 1.54) is 18.2 Å². The van der Waals surface area contributed by atoms with Gasteiger partial charge in [-0.3, -0.25) is 4.79 Å². The van der Waals surface area contributed by atoms with Crippen molar-refractivity contribution in [3.05, 3.63) is 46.9 Å². The van der Waals surface area contributed by atoms with Crippen LogP contribution >= 0.6 is 11.6 Å². The summed E-state index contributed by atoms with van der Waals surface area (Å²) in [4.78, 5) is 19.6. The Balaban J connectivity index is 2.31. The number of anilines is 2. The normalized spacial score (nSPS) is 11.5. The Bertz CT molecular complexity index is 750. The summed E-state index contributed by atoms with van der Waals surface area (Å²) in [6.45, 7) is 3.56. The Kier molecular flexibility index (Phi) is 5.28. The van der Waals surface area contributed by atoms with E-state index in [2.05, 4.69) is 20.6 Å². The quantitative estimate of drug-likeness (QED) is 0.866. The molecule has 1 heterocycles. The van der Waals surface area contributed by atoms with Gasteiger partial charge < -0.3 is 10.6 Å². The maximum atomic E-state index is 13.1. The average Bonchev–Trinajstić information content (AvgIpc) is 2.47. The maximum Gasteiger partial charge on any atom is 0.418 e. The number of rotatable bonds is 4. The van der Waals surface area contributed by atoms with Crippen molar-refractivity contribution in [3.63, 3.8) is 0 Å². The number of nitrogens with one attached hydrogen (secondary N) is 2. The van der Waals surface area contributed by atoms with Crippen LogP contribution < -0.4 is 10.6 Å². The van der Waals surface area contributed by atoms with Crippen molar-refractivity contribution in [1.29, 1.82) is 0 Å². The van der Waals surface area contributed by atoms with Gasteiger partial charge in [-0.1, -0.05) is 11.6 Å². The lowest BCUT2D eigenvalue weighted by Crippen LogP contribution is -2.30. The van der Waals surface area contributed by atoms with E-state index >= 15 is 0 Å². The summed E-state index contributed by atoms with van der Waals surface area (Å²) >= 11 is 5.63. The first kappa shape index (κ1) is 18.0. The summed E-state index contributed by atoms with van der Waals surface area (Å²) in [5.74, 6) is -0.380. The molecule has 128 valence electrons. The zero-order valence-electron chi connectivity index (χ0n) is 12.8. The molecule has 0 saturated carbocycles. The van der Waals surface area contributed by atoms with E-state index in [9.17, 15) is 18.0 Å². The second-order valence-electron chi connectivity index (χ2n) is 5.23. The molecule has 0 bridgehead atoms. The van der Waals surface area contributed by atoms with Gasteiger partial charge in [0.25, 0.3) is 5.91 Å². The Morgan fingerprint density at radius 2 is 1.92 bits per heavy atom. The molecule has 2 N–H and O–H groups in total. The van der Waals surface area contributed by atoms with Gasteiger partial charge in [0.1, 0.15) is 17.8 Å². The zero-order valence-corrected chi connectivity index (χ0v) is 13.5. The average molecular weight is 359 g/mol. The van der Waals surface area contributed by atoms with E-state index in [1.807, 2.05) is 0 Å². The number of carbonyl (C=O) groups is 1. The fourth-order valence-electron chi connectivity index (χ4n) is 1.88. The number of alkyl halides is 3. The van der Waals surface area contributed by atoms with Crippen LogP contribution in [0.1, 0.15) is 29.9 Å². The minimum absolute atomic E-state index is 0.0347. The minimum Gasteiger partial charge on any atom is -0.349 e. The van der Waals surface area contributed by atoms with Gasteiger partial charge >= 0.3 is 6.18 Å². The topological polar surface area (TPSA) is 66.9 Å². The predicted octanol–water partition coefficient (Wildman–Crippen LogP) is 4.03. The third kappa shape index (κ3) is 4.58. The molecule has 1 amide bonds. The van der Waals surface area contributed by atoms with Crippen molar-refractivity contribution in [2.75, 3.05) is 5.32 Å². The number of amides is 1. The molecule has 9 heteroatoms. The van der Waals surface area contributed by atoms with E-state index in [0.717, 1.165) is 12.4 Å². The van der Waals surface area contributed by atoms with Crippen molar-refractivity contribution in [1.82, 2.24) is 15.3 Å². The lowest BCUT2D eigenvalue weighted by molar-refractivity contribution is -0.136. The number of benzene rings is 1. The van der Waals surface area contributed by atoms with Crippen LogP contribution in [0, 0.1) is 0 Å². The lowest BCUT2D eigenvalue weighted by atomic mass is 10.1. The van der Waals surface area contributed by atoms with Crippen molar-refractivity contribution >= 4 is 29.0 Å². The molecule has 0 unspecified atom stereocenters. The fourth-order valence-corrected chi connectivity index (χ4v) is 2.06. The Labute approximate surface area is 141 Å². The Hall–Kier alpha value is -2.35. The molecule has 1 aromatic carbocycles. The molecular formula is C15H14ClF3N4O. The van der Waals surface area contributed by atoms with E-state index in [1.54, 1.807) is 13.8 Å². The van der Waals surface area contributed by atoms with E-state index in [-0.39, 0.29) is 28.3 Å². The second kappa shape index (κ2) is 7.04. The second-order valence-corrected chi connectivity index (χ2v) is 5.67. The lowest BCUT2D eigenvalue weighted by Gasteiger charge is -2.15. The molecule has 0 radical (unpaired) electrons. The molecule has 0 aliphatic rings. The van der Waals surface area contributed by atoms with Crippen molar-refractivity contribution in [3.8, 4) is 0 Å². The standard InChI is InChI=1S/C15H14ClF3N4O/c1-8(2)22-14(24)12-6-13(21-7-20-12)23-11-4-3-9(16)5-10(11)15(17,18)19/h3-8H,1-2H3,(H,22,24)(H,20,21,23). The van der Waals surface area contributed by atoms with Crippen LogP contribution in [0.15, 0.2) is 30.6 Å². The minimum atomic E-state index is -4.59. The highest BCUT2D eigenvalue weighted by molar-refractivity contribution is 6.30. The smallest absolute Gasteiger partial charge is 0.349 e. The van der Waals surface area contributed by atoms with Gasteiger partial charge in [0.2, 0.25) is 0 Å². The summed E-state index contributed by atoms with van der Waals surface area (Å²) in [5, 5.41) is 5.15. The number of carbonyl (C=O) groups excluding carboxylic acids is 1. The molecule has 1 aromatic heterocycles. The van der Waals surface area contributed by atoms with Gasteiger partial charge in [0.15, 0.2) is 0 Å². The zero-order chi connectivity index (χ0) is 17.9. The Morgan fingerprint density at radius 3 is 2.54 bits per heavy atom. The molecule has 0 aliphatic heterocycles. The highest BCUT2D eigenvalue weighted by Gasteiger charge is 2.34. The third-order valence-electron chi connectivity index (χ3n) is 2.87. The van der Waals surface area contributed by atoms with Gasteiger partial charge in [-0.25, -0.2) is 9.97 Å². The molecule has 0 fully saturated rings. The van der Waals surface area contributed by atoms with E-state index in [0.29, 0.717) is 0 Å². The number of hydrogen-bond acceptors (Lipinski definition) is 4. The molecule has 2 aromatic rings. The summed E-state index contributed by atoms with van der Waals surface area (Å²) in [6.07, 6.45) is -3.49. The maximum absolute atomic E-state index is 13.1. The molecule has 5 nitrogen and oxygen atoms in total. The van der Waals surface area contributed by atoms with Gasteiger partial charge in [0, 0.05) is 17.1 Å². The van der Waals surface area contributed by atoms with Crippen LogP contribution in [-0.4, -0.2) is 21.9 Å². The summed E-state index contributed by atoms with van der Waals surface area (Å²) in [5.41, 5.74) is -1.11. The number of aromatic nitrogens is 2. The van der Waals surface area contributed by atoms with Crippen molar-refractivity contribution < 1.29 is 18.0 Å². The summed E-state index contributed by atoms with van der Waals surface area (Å²) < 4.78 is 39.3. The van der Waals surface area contributed by atoms with Crippen molar-refractivity contribution in [2.24, 2.45) is 0 Å². The molecule has 2 rings (SSSR count). The van der Waals surface area contributed by atoms with Crippen LogP contribution in [0.3, 0.4) is 0 Å². The summed E-state index contributed by atoms with van der Waals surface area (Å²) in [6, 6.07) is 4.51. The summed E-state index contributed by atoms with van der Waals surface area (Å²) in [7, 11) is 0. The van der Waals surface area contributed by atoms with Gasteiger partial charge in [-0.2, -0.15) is 13.2 Å². The number of halogens is 4. The number of nitrogens with zero attached hydrogens (tertiary/aromatic N) is 2. The SMILES string of the molecule is CC(C)NC(=O)c1cc(Nc2ccc(Cl)cc2C(F)(F)F)ncn1. The van der Waals surface area contributed by atoms with Gasteiger partial charge in [-0.15, -0.1) is 0 Å². The monoisotopic (exact) mass is 358 g/mol. The van der Waals surface area contributed by atoms with Gasteiger partial charge in [-0.05, 0) is 32.0 Å². The highest BCUT2D eigenvalue weighted by atomic mass is 35.5. The van der Waals surface area contributed by atoms with E-state index < -0.39 is 17.6 Å². The number of hydrogen-bond donors (Lipinski definition) is 2. The van der Waals surface area contributed by atoms with Crippen LogP contribution in [-0.2, 0) is 6.18 Å². The molecule has 0 atom stereocenters.